The number of halogens is 1. The molecule has 1 amide bonds. The zero-order valence-electron chi connectivity index (χ0n) is 15.8. The molecule has 140 valence electrons. The molecule has 4 aromatic rings. The molecular weight excluding hydrogens is 372 g/mol. The van der Waals surface area contributed by atoms with E-state index < -0.39 is 0 Å². The molecule has 0 aliphatic heterocycles. The molecular formula is C23H19ClN2O2. The molecule has 0 atom stereocenters. The molecule has 5 heteroatoms. The van der Waals surface area contributed by atoms with Crippen molar-refractivity contribution in [2.24, 2.45) is 0 Å². The van der Waals surface area contributed by atoms with Crippen molar-refractivity contribution in [2.75, 3.05) is 5.32 Å². The number of rotatable bonds is 3. The van der Waals surface area contributed by atoms with Gasteiger partial charge in [-0.15, -0.1) is 0 Å². The van der Waals surface area contributed by atoms with E-state index in [0.29, 0.717) is 33.3 Å². The van der Waals surface area contributed by atoms with Gasteiger partial charge in [0.2, 0.25) is 5.89 Å². The van der Waals surface area contributed by atoms with Crippen molar-refractivity contribution in [2.45, 2.75) is 20.8 Å². The number of benzene rings is 3. The van der Waals surface area contributed by atoms with E-state index in [9.17, 15) is 4.79 Å². The van der Waals surface area contributed by atoms with Crippen LogP contribution in [0, 0.1) is 20.8 Å². The van der Waals surface area contributed by atoms with Gasteiger partial charge >= 0.3 is 0 Å². The lowest BCUT2D eigenvalue weighted by Gasteiger charge is -2.07. The maximum Gasteiger partial charge on any atom is 0.255 e. The number of hydrogen-bond donors (Lipinski definition) is 1. The van der Waals surface area contributed by atoms with E-state index in [1.54, 1.807) is 18.2 Å². The van der Waals surface area contributed by atoms with Crippen molar-refractivity contribution in [1.82, 2.24) is 4.98 Å². The Hall–Kier alpha value is -3.11. The van der Waals surface area contributed by atoms with Crippen molar-refractivity contribution >= 4 is 34.3 Å². The fourth-order valence-corrected chi connectivity index (χ4v) is 3.34. The maximum absolute atomic E-state index is 12.6. The molecule has 0 aliphatic carbocycles. The molecule has 1 heterocycles. The molecule has 0 bridgehead atoms. The molecule has 1 aromatic heterocycles. The van der Waals surface area contributed by atoms with Crippen LogP contribution in [-0.2, 0) is 0 Å². The zero-order valence-corrected chi connectivity index (χ0v) is 16.6. The first-order chi connectivity index (χ1) is 13.4. The summed E-state index contributed by atoms with van der Waals surface area (Å²) in [6, 6.07) is 16.9. The fraction of sp³-hybridized carbons (Fsp3) is 0.130. The number of aryl methyl sites for hydroxylation is 3. The van der Waals surface area contributed by atoms with Crippen LogP contribution in [0.2, 0.25) is 5.02 Å². The summed E-state index contributed by atoms with van der Waals surface area (Å²) in [5, 5.41) is 3.60. The van der Waals surface area contributed by atoms with E-state index in [1.165, 1.54) is 0 Å². The number of aromatic nitrogens is 1. The van der Waals surface area contributed by atoms with Crippen molar-refractivity contribution in [3.63, 3.8) is 0 Å². The van der Waals surface area contributed by atoms with E-state index >= 15 is 0 Å². The van der Waals surface area contributed by atoms with Crippen LogP contribution in [0.1, 0.15) is 27.0 Å². The average Bonchev–Trinajstić information content (AvgIpc) is 3.06. The summed E-state index contributed by atoms with van der Waals surface area (Å²) in [5.74, 6) is 0.342. The summed E-state index contributed by atoms with van der Waals surface area (Å²) in [7, 11) is 0. The van der Waals surface area contributed by atoms with Crippen LogP contribution in [-0.4, -0.2) is 10.9 Å². The minimum Gasteiger partial charge on any atom is -0.436 e. The summed E-state index contributed by atoms with van der Waals surface area (Å²) >= 11 is 6.21. The number of oxazole rings is 1. The van der Waals surface area contributed by atoms with Crippen molar-refractivity contribution in [3.8, 4) is 11.5 Å². The van der Waals surface area contributed by atoms with Gasteiger partial charge in [0.25, 0.3) is 5.91 Å². The number of nitrogens with zero attached hydrogens (tertiary/aromatic N) is 1. The van der Waals surface area contributed by atoms with Gasteiger partial charge in [-0.25, -0.2) is 4.98 Å². The van der Waals surface area contributed by atoms with Crippen LogP contribution in [0.3, 0.4) is 0 Å². The Bertz CT molecular complexity index is 1190. The predicted octanol–water partition coefficient (Wildman–Crippen LogP) is 6.33. The highest BCUT2D eigenvalue weighted by molar-refractivity contribution is 6.31. The molecule has 3 aromatic carbocycles. The number of carbonyl (C=O) groups excluding carboxylic acids is 1. The first-order valence-corrected chi connectivity index (χ1v) is 9.33. The summed E-state index contributed by atoms with van der Waals surface area (Å²) in [4.78, 5) is 17.1. The van der Waals surface area contributed by atoms with Gasteiger partial charge in [0.15, 0.2) is 5.58 Å². The monoisotopic (exact) mass is 390 g/mol. The Morgan fingerprint density at radius 3 is 2.43 bits per heavy atom. The SMILES string of the molecule is Cc1cc(C)cc(C(=O)Nc2ccc3oc(-c4ccc(C)c(Cl)c4)nc3c2)c1. The highest BCUT2D eigenvalue weighted by Gasteiger charge is 2.12. The second-order valence-corrected chi connectivity index (χ2v) is 7.40. The molecule has 0 unspecified atom stereocenters. The topological polar surface area (TPSA) is 55.1 Å². The minimum absolute atomic E-state index is 0.153. The fourth-order valence-electron chi connectivity index (χ4n) is 3.16. The van der Waals surface area contributed by atoms with Crippen molar-refractivity contribution in [1.29, 1.82) is 0 Å². The smallest absolute Gasteiger partial charge is 0.255 e. The minimum atomic E-state index is -0.153. The van der Waals surface area contributed by atoms with Crippen LogP contribution < -0.4 is 5.32 Å². The van der Waals surface area contributed by atoms with E-state index in [2.05, 4.69) is 10.3 Å². The third kappa shape index (κ3) is 3.64. The van der Waals surface area contributed by atoms with Crippen LogP contribution in [0.5, 0.6) is 0 Å². The first-order valence-electron chi connectivity index (χ1n) is 8.96. The number of fused-ring (bicyclic) bond motifs is 1. The Morgan fingerprint density at radius 1 is 0.964 bits per heavy atom. The van der Waals surface area contributed by atoms with Gasteiger partial charge in [0.1, 0.15) is 5.52 Å². The Balaban J connectivity index is 1.62. The van der Waals surface area contributed by atoms with Gasteiger partial charge in [0, 0.05) is 21.8 Å². The third-order valence-electron chi connectivity index (χ3n) is 4.55. The Morgan fingerprint density at radius 2 is 1.71 bits per heavy atom. The molecule has 0 spiro atoms. The van der Waals surface area contributed by atoms with Gasteiger partial charge in [-0.3, -0.25) is 4.79 Å². The largest absolute Gasteiger partial charge is 0.436 e. The normalized spacial score (nSPS) is 11.0. The van der Waals surface area contributed by atoms with Crippen LogP contribution >= 0.6 is 11.6 Å². The summed E-state index contributed by atoms with van der Waals surface area (Å²) in [6.45, 7) is 5.90. The van der Waals surface area contributed by atoms with Gasteiger partial charge in [-0.05, 0) is 68.8 Å². The Kier molecular flexibility index (Phi) is 4.65. The second-order valence-electron chi connectivity index (χ2n) is 7.00. The van der Waals surface area contributed by atoms with E-state index in [-0.39, 0.29) is 5.91 Å². The van der Waals surface area contributed by atoms with Crippen LogP contribution in [0.25, 0.3) is 22.6 Å². The first kappa shape index (κ1) is 18.3. The molecule has 0 saturated carbocycles. The maximum atomic E-state index is 12.6. The van der Waals surface area contributed by atoms with E-state index in [4.69, 9.17) is 16.0 Å². The van der Waals surface area contributed by atoms with Crippen LogP contribution in [0.15, 0.2) is 59.0 Å². The molecule has 4 rings (SSSR count). The number of anilines is 1. The third-order valence-corrected chi connectivity index (χ3v) is 4.96. The molecule has 0 fully saturated rings. The Labute approximate surface area is 168 Å². The van der Waals surface area contributed by atoms with Gasteiger partial charge in [0.05, 0.1) is 0 Å². The highest BCUT2D eigenvalue weighted by Crippen LogP contribution is 2.29. The number of carbonyl (C=O) groups is 1. The van der Waals surface area contributed by atoms with E-state index in [1.807, 2.05) is 57.2 Å². The summed E-state index contributed by atoms with van der Waals surface area (Å²) in [6.07, 6.45) is 0. The molecule has 0 aliphatic rings. The summed E-state index contributed by atoms with van der Waals surface area (Å²) < 4.78 is 5.84. The molecule has 1 N–H and O–H groups in total. The molecule has 0 saturated heterocycles. The lowest BCUT2D eigenvalue weighted by molar-refractivity contribution is 0.102. The molecule has 0 radical (unpaired) electrons. The van der Waals surface area contributed by atoms with Crippen LogP contribution in [0.4, 0.5) is 5.69 Å². The second kappa shape index (κ2) is 7.13. The molecule has 4 nitrogen and oxygen atoms in total. The van der Waals surface area contributed by atoms with Gasteiger partial charge in [-0.2, -0.15) is 0 Å². The summed E-state index contributed by atoms with van der Waals surface area (Å²) in [5.41, 5.74) is 6.54. The predicted molar refractivity (Wildman–Crippen MR) is 113 cm³/mol. The number of amides is 1. The standard InChI is InChI=1S/C23H19ClN2O2/c1-13-8-14(2)10-17(9-13)22(27)25-18-6-7-21-20(12-18)26-23(28-21)16-5-4-15(3)19(24)11-16/h4-12H,1-3H3,(H,25,27). The zero-order chi connectivity index (χ0) is 19.8. The number of hydrogen-bond acceptors (Lipinski definition) is 3. The lowest BCUT2D eigenvalue weighted by atomic mass is 10.1. The average molecular weight is 391 g/mol. The lowest BCUT2D eigenvalue weighted by Crippen LogP contribution is -2.12. The van der Waals surface area contributed by atoms with Crippen molar-refractivity contribution in [3.05, 3.63) is 81.9 Å². The molecule has 28 heavy (non-hydrogen) atoms. The highest BCUT2D eigenvalue weighted by atomic mass is 35.5. The van der Waals surface area contributed by atoms with Gasteiger partial charge < -0.3 is 9.73 Å². The quantitative estimate of drug-likeness (QED) is 0.445. The van der Waals surface area contributed by atoms with Gasteiger partial charge in [-0.1, -0.05) is 34.9 Å². The van der Waals surface area contributed by atoms with E-state index in [0.717, 1.165) is 22.3 Å². The number of nitrogens with one attached hydrogen (secondary N) is 1. The van der Waals surface area contributed by atoms with Crippen molar-refractivity contribution < 1.29 is 9.21 Å².